The van der Waals surface area contributed by atoms with Crippen molar-refractivity contribution >= 4 is 16.9 Å². The largest absolute Gasteiger partial charge is 0.468 e. The van der Waals surface area contributed by atoms with Crippen LogP contribution in [0.2, 0.25) is 0 Å². The van der Waals surface area contributed by atoms with E-state index < -0.39 is 0 Å². The molecule has 3 rings (SSSR count). The Morgan fingerprint density at radius 2 is 2.05 bits per heavy atom. The standard InChI is InChI=1S/C15H19N3O2/c19-13-11-20-14-6-5-12-7-10-18(15(12)17-14)9-4-2-1-3-8-16-13/h5-7,10H,1-4,8-9,11H2,(H,16,19). The molecular weight excluding hydrogens is 254 g/mol. The highest BCUT2D eigenvalue weighted by Crippen LogP contribution is 2.19. The van der Waals surface area contributed by atoms with Crippen molar-refractivity contribution < 1.29 is 9.53 Å². The van der Waals surface area contributed by atoms with Gasteiger partial charge >= 0.3 is 0 Å². The highest BCUT2D eigenvalue weighted by molar-refractivity contribution is 5.78. The third-order valence-corrected chi connectivity index (χ3v) is 3.58. The van der Waals surface area contributed by atoms with Crippen molar-refractivity contribution in [2.24, 2.45) is 0 Å². The van der Waals surface area contributed by atoms with Crippen molar-refractivity contribution in [1.29, 1.82) is 0 Å². The summed E-state index contributed by atoms with van der Waals surface area (Å²) in [6.07, 6.45) is 6.53. The second-order valence-corrected chi connectivity index (χ2v) is 5.12. The molecule has 0 saturated carbocycles. The summed E-state index contributed by atoms with van der Waals surface area (Å²) in [5, 5.41) is 3.97. The van der Waals surface area contributed by atoms with E-state index in [2.05, 4.69) is 27.1 Å². The second kappa shape index (κ2) is 5.94. The number of nitrogens with one attached hydrogen (secondary N) is 1. The van der Waals surface area contributed by atoms with Crippen LogP contribution in [0.1, 0.15) is 25.7 Å². The summed E-state index contributed by atoms with van der Waals surface area (Å²) in [7, 11) is 0. The van der Waals surface area contributed by atoms with Crippen LogP contribution in [-0.4, -0.2) is 28.6 Å². The van der Waals surface area contributed by atoms with Crippen LogP contribution < -0.4 is 10.1 Å². The maximum Gasteiger partial charge on any atom is 0.258 e. The molecule has 1 aliphatic rings. The van der Waals surface area contributed by atoms with Gasteiger partial charge in [0.25, 0.3) is 5.91 Å². The molecule has 3 heterocycles. The Bertz CT molecular complexity index is 606. The third kappa shape index (κ3) is 2.92. The molecule has 106 valence electrons. The number of fused-ring (bicyclic) bond motifs is 1. The number of rotatable bonds is 0. The fraction of sp³-hybridized carbons (Fsp3) is 0.467. The van der Waals surface area contributed by atoms with Gasteiger partial charge in [0.1, 0.15) is 5.65 Å². The molecule has 0 unspecified atom stereocenters. The van der Waals surface area contributed by atoms with Gasteiger partial charge in [0.15, 0.2) is 6.61 Å². The molecule has 5 heteroatoms. The van der Waals surface area contributed by atoms with Crippen LogP contribution in [0.5, 0.6) is 5.88 Å². The fourth-order valence-corrected chi connectivity index (χ4v) is 2.48. The SMILES string of the molecule is O=C1COc2ccc3ccn(c3n2)CCCCCCN1. The third-order valence-electron chi connectivity index (χ3n) is 3.58. The number of ether oxygens (including phenoxy) is 1. The highest BCUT2D eigenvalue weighted by atomic mass is 16.5. The minimum atomic E-state index is -0.0839. The van der Waals surface area contributed by atoms with Crippen LogP contribution in [0.4, 0.5) is 0 Å². The number of aryl methyl sites for hydroxylation is 1. The summed E-state index contributed by atoms with van der Waals surface area (Å²) in [4.78, 5) is 16.1. The Morgan fingerprint density at radius 3 is 3.00 bits per heavy atom. The van der Waals surface area contributed by atoms with Crippen LogP contribution in [0, 0.1) is 0 Å². The van der Waals surface area contributed by atoms with Crippen molar-refractivity contribution in [3.8, 4) is 5.88 Å². The molecule has 0 fully saturated rings. The fourth-order valence-electron chi connectivity index (χ4n) is 2.48. The Labute approximate surface area is 117 Å². The van der Waals surface area contributed by atoms with Gasteiger partial charge < -0.3 is 14.6 Å². The van der Waals surface area contributed by atoms with E-state index >= 15 is 0 Å². The Kier molecular flexibility index (Phi) is 3.85. The summed E-state index contributed by atoms with van der Waals surface area (Å²) < 4.78 is 7.62. The average Bonchev–Trinajstić information content (AvgIpc) is 2.86. The number of amides is 1. The van der Waals surface area contributed by atoms with Gasteiger partial charge in [0, 0.05) is 30.7 Å². The second-order valence-electron chi connectivity index (χ2n) is 5.12. The van der Waals surface area contributed by atoms with Gasteiger partial charge in [-0.2, -0.15) is 4.98 Å². The van der Waals surface area contributed by atoms with Crippen molar-refractivity contribution in [1.82, 2.24) is 14.9 Å². The monoisotopic (exact) mass is 273 g/mol. The summed E-state index contributed by atoms with van der Waals surface area (Å²) in [6.45, 7) is 1.73. The molecule has 1 aliphatic heterocycles. The lowest BCUT2D eigenvalue weighted by atomic mass is 10.2. The van der Waals surface area contributed by atoms with Crippen molar-refractivity contribution in [2.75, 3.05) is 13.2 Å². The Hall–Kier alpha value is -2.04. The minimum absolute atomic E-state index is 0.0270. The molecule has 0 spiro atoms. The first-order chi connectivity index (χ1) is 9.83. The van der Waals surface area contributed by atoms with Gasteiger partial charge in [-0.05, 0) is 25.0 Å². The number of pyridine rings is 1. The molecule has 0 radical (unpaired) electrons. The van der Waals surface area contributed by atoms with E-state index in [0.717, 1.165) is 43.4 Å². The maximum atomic E-state index is 11.6. The predicted molar refractivity (Wildman–Crippen MR) is 76.7 cm³/mol. The van der Waals surface area contributed by atoms with Crippen LogP contribution in [0.15, 0.2) is 24.4 Å². The van der Waals surface area contributed by atoms with Crippen LogP contribution in [-0.2, 0) is 11.3 Å². The van der Waals surface area contributed by atoms with E-state index in [1.807, 2.05) is 12.1 Å². The molecule has 0 saturated heterocycles. The van der Waals surface area contributed by atoms with E-state index in [4.69, 9.17) is 4.74 Å². The first kappa shape index (κ1) is 13.0. The van der Waals surface area contributed by atoms with E-state index in [-0.39, 0.29) is 12.5 Å². The molecule has 5 nitrogen and oxygen atoms in total. The van der Waals surface area contributed by atoms with Crippen molar-refractivity contribution in [2.45, 2.75) is 32.2 Å². The topological polar surface area (TPSA) is 56.2 Å². The normalized spacial score (nSPS) is 17.5. The molecule has 20 heavy (non-hydrogen) atoms. The maximum absolute atomic E-state index is 11.6. The smallest absolute Gasteiger partial charge is 0.258 e. The zero-order chi connectivity index (χ0) is 13.8. The number of hydrogen-bond acceptors (Lipinski definition) is 3. The number of aromatic nitrogens is 2. The van der Waals surface area contributed by atoms with Crippen LogP contribution in [0.3, 0.4) is 0 Å². The van der Waals surface area contributed by atoms with Crippen LogP contribution >= 0.6 is 0 Å². The zero-order valence-electron chi connectivity index (χ0n) is 11.5. The molecule has 2 bridgehead atoms. The number of carbonyl (C=O) groups excluding carboxylic acids is 1. The highest BCUT2D eigenvalue weighted by Gasteiger charge is 2.08. The Balaban J connectivity index is 1.85. The number of nitrogens with zero attached hydrogens (tertiary/aromatic N) is 2. The molecule has 0 aromatic carbocycles. The zero-order valence-corrected chi connectivity index (χ0v) is 11.5. The molecule has 1 amide bonds. The van der Waals surface area contributed by atoms with Crippen LogP contribution in [0.25, 0.3) is 11.0 Å². The van der Waals surface area contributed by atoms with Crippen molar-refractivity contribution in [3.05, 3.63) is 24.4 Å². The molecule has 0 atom stereocenters. The first-order valence-corrected chi connectivity index (χ1v) is 7.18. The number of carbonyl (C=O) groups is 1. The lowest BCUT2D eigenvalue weighted by molar-refractivity contribution is -0.123. The lowest BCUT2D eigenvalue weighted by Gasteiger charge is -2.10. The van der Waals surface area contributed by atoms with Gasteiger partial charge in [-0.25, -0.2) is 0 Å². The van der Waals surface area contributed by atoms with E-state index in [9.17, 15) is 4.79 Å². The van der Waals surface area contributed by atoms with Gasteiger partial charge in [-0.15, -0.1) is 0 Å². The molecule has 0 aliphatic carbocycles. The molecule has 2 aromatic rings. The molecule has 1 N–H and O–H groups in total. The summed E-state index contributed by atoms with van der Waals surface area (Å²) in [5.41, 5.74) is 0.931. The summed E-state index contributed by atoms with van der Waals surface area (Å²) in [5.74, 6) is 0.420. The first-order valence-electron chi connectivity index (χ1n) is 7.18. The summed E-state index contributed by atoms with van der Waals surface area (Å²) in [6, 6.07) is 5.86. The van der Waals surface area contributed by atoms with Gasteiger partial charge in [-0.3, -0.25) is 4.79 Å². The van der Waals surface area contributed by atoms with Gasteiger partial charge in [0.05, 0.1) is 0 Å². The summed E-state index contributed by atoms with van der Waals surface area (Å²) >= 11 is 0. The van der Waals surface area contributed by atoms with Crippen molar-refractivity contribution in [3.63, 3.8) is 0 Å². The van der Waals surface area contributed by atoms with Gasteiger partial charge in [0.2, 0.25) is 5.88 Å². The average molecular weight is 273 g/mol. The molecule has 2 aromatic heterocycles. The van der Waals surface area contributed by atoms with E-state index in [0.29, 0.717) is 5.88 Å². The predicted octanol–water partition coefficient (Wildman–Crippen LogP) is 2.11. The Morgan fingerprint density at radius 1 is 1.15 bits per heavy atom. The molecular formula is C15H19N3O2. The minimum Gasteiger partial charge on any atom is -0.468 e. The lowest BCUT2D eigenvalue weighted by Crippen LogP contribution is -2.29. The van der Waals surface area contributed by atoms with E-state index in [1.54, 1.807) is 0 Å². The van der Waals surface area contributed by atoms with E-state index in [1.165, 1.54) is 6.42 Å². The number of hydrogen-bond donors (Lipinski definition) is 1. The quantitative estimate of drug-likeness (QED) is 0.799. The van der Waals surface area contributed by atoms with Gasteiger partial charge in [-0.1, -0.05) is 12.8 Å².